The second-order valence-corrected chi connectivity index (χ2v) is 6.06. The third-order valence-electron chi connectivity index (χ3n) is 4.14. The van der Waals surface area contributed by atoms with Crippen molar-refractivity contribution in [3.8, 4) is 11.5 Å². The first-order chi connectivity index (χ1) is 13.8. The molecule has 0 saturated carbocycles. The lowest BCUT2D eigenvalue weighted by Crippen LogP contribution is -2.38. The fourth-order valence-electron chi connectivity index (χ4n) is 2.77. The Balaban J connectivity index is 1.91. The Kier molecular flexibility index (Phi) is 5.72. The molecule has 8 heteroatoms. The molecule has 0 aliphatic rings. The van der Waals surface area contributed by atoms with Crippen LogP contribution in [0.15, 0.2) is 66.9 Å². The van der Waals surface area contributed by atoms with Crippen LogP contribution in [0.2, 0.25) is 0 Å². The highest BCUT2D eigenvalue weighted by Gasteiger charge is 2.44. The minimum Gasteiger partial charge on any atom is -0.618 e. The number of hydrogen-bond acceptors (Lipinski definition) is 4. The largest absolute Gasteiger partial charge is 0.618 e. The van der Waals surface area contributed by atoms with Gasteiger partial charge in [0, 0.05) is 11.6 Å². The van der Waals surface area contributed by atoms with Gasteiger partial charge >= 0.3 is 11.9 Å². The molecule has 0 spiro atoms. The molecule has 0 atom stereocenters. The first-order valence-corrected chi connectivity index (χ1v) is 8.50. The smallest absolute Gasteiger partial charge is 0.479 e. The molecule has 2 aromatic carbocycles. The van der Waals surface area contributed by atoms with Gasteiger partial charge in [0.25, 0.3) is 0 Å². The zero-order chi connectivity index (χ0) is 21.0. The summed E-state index contributed by atoms with van der Waals surface area (Å²) >= 11 is 0. The van der Waals surface area contributed by atoms with Crippen molar-refractivity contribution in [3.05, 3.63) is 94.5 Å². The summed E-state index contributed by atoms with van der Waals surface area (Å²) in [7, 11) is 1.36. The number of alkyl halides is 3. The van der Waals surface area contributed by atoms with Gasteiger partial charge in [-0.1, -0.05) is 30.3 Å². The van der Waals surface area contributed by atoms with E-state index in [9.17, 15) is 23.2 Å². The Hall–Kier alpha value is -3.55. The van der Waals surface area contributed by atoms with Crippen molar-refractivity contribution >= 4 is 5.78 Å². The first-order valence-electron chi connectivity index (χ1n) is 8.50. The van der Waals surface area contributed by atoms with Crippen molar-refractivity contribution in [2.75, 3.05) is 7.11 Å². The van der Waals surface area contributed by atoms with Gasteiger partial charge in [-0.2, -0.15) is 17.9 Å². The van der Waals surface area contributed by atoms with E-state index in [1.807, 2.05) is 30.3 Å². The zero-order valence-corrected chi connectivity index (χ0v) is 15.3. The van der Waals surface area contributed by atoms with Crippen molar-refractivity contribution < 1.29 is 32.2 Å². The SMILES string of the molecule is COc1cc(C(=O)c2ccc[n+]([O-])c2C(F)(F)F)ccc1OCc1ccccc1. The molecular weight excluding hydrogens is 387 g/mol. The average molecular weight is 403 g/mol. The number of carbonyl (C=O) groups is 1. The van der Waals surface area contributed by atoms with E-state index in [2.05, 4.69) is 0 Å². The van der Waals surface area contributed by atoms with E-state index in [-0.39, 0.29) is 22.7 Å². The van der Waals surface area contributed by atoms with Crippen molar-refractivity contribution in [1.29, 1.82) is 0 Å². The summed E-state index contributed by atoms with van der Waals surface area (Å²) in [5.74, 6) is -0.433. The van der Waals surface area contributed by atoms with E-state index in [1.165, 1.54) is 25.3 Å². The predicted octanol–water partition coefficient (Wildman–Crippen LogP) is 4.16. The van der Waals surface area contributed by atoms with Crippen LogP contribution in [-0.2, 0) is 12.8 Å². The van der Waals surface area contributed by atoms with Crippen molar-refractivity contribution in [3.63, 3.8) is 0 Å². The van der Waals surface area contributed by atoms with E-state index in [1.54, 1.807) is 0 Å². The Labute approximate surface area is 164 Å². The summed E-state index contributed by atoms with van der Waals surface area (Å²) in [6.45, 7) is 0.248. The molecule has 5 nitrogen and oxygen atoms in total. The molecule has 0 aliphatic heterocycles. The lowest BCUT2D eigenvalue weighted by atomic mass is 10.0. The van der Waals surface area contributed by atoms with Crippen LogP contribution in [0.1, 0.15) is 27.2 Å². The van der Waals surface area contributed by atoms with Gasteiger partial charge in [-0.05, 0) is 29.8 Å². The van der Waals surface area contributed by atoms with E-state index in [0.29, 0.717) is 11.9 Å². The molecular formula is C21H16F3NO4. The summed E-state index contributed by atoms with van der Waals surface area (Å²) in [6.07, 6.45) is -4.28. The number of pyridine rings is 1. The van der Waals surface area contributed by atoms with Crippen molar-refractivity contribution in [2.24, 2.45) is 0 Å². The van der Waals surface area contributed by atoms with Crippen LogP contribution in [0, 0.1) is 5.21 Å². The molecule has 0 unspecified atom stereocenters. The third-order valence-corrected chi connectivity index (χ3v) is 4.14. The van der Waals surface area contributed by atoms with E-state index in [4.69, 9.17) is 9.47 Å². The molecule has 0 amide bonds. The quantitative estimate of drug-likeness (QED) is 0.352. The molecule has 3 rings (SSSR count). The number of aromatic nitrogens is 1. The second-order valence-electron chi connectivity index (χ2n) is 6.06. The number of hydrogen-bond donors (Lipinski definition) is 0. The highest BCUT2D eigenvalue weighted by atomic mass is 19.4. The summed E-state index contributed by atoms with van der Waals surface area (Å²) in [6, 6.07) is 15.4. The van der Waals surface area contributed by atoms with Crippen molar-refractivity contribution in [2.45, 2.75) is 12.8 Å². The van der Waals surface area contributed by atoms with Crippen LogP contribution in [-0.4, -0.2) is 12.9 Å². The van der Waals surface area contributed by atoms with Crippen LogP contribution in [0.25, 0.3) is 0 Å². The molecule has 0 fully saturated rings. The van der Waals surface area contributed by atoms with Gasteiger partial charge in [0.15, 0.2) is 23.5 Å². The Bertz CT molecular complexity index is 1020. The van der Waals surface area contributed by atoms with Gasteiger partial charge in [-0.3, -0.25) is 4.79 Å². The van der Waals surface area contributed by atoms with Gasteiger partial charge < -0.3 is 14.7 Å². The Morgan fingerprint density at radius 3 is 2.41 bits per heavy atom. The molecule has 0 aliphatic carbocycles. The molecule has 0 radical (unpaired) electrons. The molecule has 150 valence electrons. The van der Waals surface area contributed by atoms with E-state index < -0.39 is 23.2 Å². The predicted molar refractivity (Wildman–Crippen MR) is 97.6 cm³/mol. The van der Waals surface area contributed by atoms with Crippen LogP contribution < -0.4 is 14.2 Å². The van der Waals surface area contributed by atoms with Crippen LogP contribution in [0.3, 0.4) is 0 Å². The number of benzene rings is 2. The summed E-state index contributed by atoms with van der Waals surface area (Å²) in [4.78, 5) is 12.7. The number of nitrogens with zero attached hydrogens (tertiary/aromatic N) is 1. The molecule has 29 heavy (non-hydrogen) atoms. The second kappa shape index (κ2) is 8.22. The first kappa shape index (κ1) is 20.2. The van der Waals surface area contributed by atoms with Crippen LogP contribution in [0.4, 0.5) is 13.2 Å². The monoisotopic (exact) mass is 403 g/mol. The molecule has 0 bridgehead atoms. The molecule has 1 aromatic heterocycles. The molecule has 0 saturated heterocycles. The summed E-state index contributed by atoms with van der Waals surface area (Å²) < 4.78 is 50.3. The maximum absolute atomic E-state index is 13.2. The molecule has 3 aromatic rings. The third kappa shape index (κ3) is 4.48. The summed E-state index contributed by atoms with van der Waals surface area (Å²) in [5, 5.41) is 11.6. The Morgan fingerprint density at radius 2 is 1.76 bits per heavy atom. The van der Waals surface area contributed by atoms with Crippen LogP contribution >= 0.6 is 0 Å². The fraction of sp³-hybridized carbons (Fsp3) is 0.143. The highest BCUT2D eigenvalue weighted by Crippen LogP contribution is 2.33. The maximum atomic E-state index is 13.2. The summed E-state index contributed by atoms with van der Waals surface area (Å²) in [5.41, 5.74) is -1.46. The number of rotatable bonds is 6. The van der Waals surface area contributed by atoms with E-state index >= 15 is 0 Å². The van der Waals surface area contributed by atoms with Gasteiger partial charge in [-0.25, -0.2) is 0 Å². The van der Waals surface area contributed by atoms with Gasteiger partial charge in [0.05, 0.1) is 7.11 Å². The van der Waals surface area contributed by atoms with Gasteiger partial charge in [0.1, 0.15) is 12.2 Å². The molecule has 0 N–H and O–H groups in total. The van der Waals surface area contributed by atoms with Crippen molar-refractivity contribution in [1.82, 2.24) is 0 Å². The highest BCUT2D eigenvalue weighted by molar-refractivity contribution is 6.09. The standard InChI is InChI=1S/C21H16F3NO4/c1-28-18-12-15(9-10-17(18)29-13-14-6-3-2-4-7-14)19(26)16-8-5-11-25(27)20(16)21(22,23)24/h2-12H,13H2,1H3. The minimum absolute atomic E-state index is 0.0642. The number of ether oxygens (including phenoxy) is 2. The Morgan fingerprint density at radius 1 is 1.03 bits per heavy atom. The fourth-order valence-corrected chi connectivity index (χ4v) is 2.77. The lowest BCUT2D eigenvalue weighted by molar-refractivity contribution is -0.629. The average Bonchev–Trinajstić information content (AvgIpc) is 2.71. The van der Waals surface area contributed by atoms with Gasteiger partial charge in [-0.15, -0.1) is 0 Å². The topological polar surface area (TPSA) is 62.5 Å². The van der Waals surface area contributed by atoms with E-state index in [0.717, 1.165) is 17.7 Å². The maximum Gasteiger partial charge on any atom is 0.479 e. The number of methoxy groups -OCH3 is 1. The lowest BCUT2D eigenvalue weighted by Gasteiger charge is -2.14. The minimum atomic E-state index is -4.98. The molecule has 1 heterocycles. The number of ketones is 1. The normalized spacial score (nSPS) is 11.2. The zero-order valence-electron chi connectivity index (χ0n) is 15.3. The van der Waals surface area contributed by atoms with Crippen LogP contribution in [0.5, 0.6) is 11.5 Å². The number of halogens is 3. The van der Waals surface area contributed by atoms with Gasteiger partial charge in [0.2, 0.25) is 0 Å². The number of carbonyl (C=O) groups excluding carboxylic acids is 1.